The number of hydrogen-bond donors (Lipinski definition) is 2. The first-order valence-electron chi connectivity index (χ1n) is 10.3. The van der Waals surface area contributed by atoms with Crippen LogP contribution in [0, 0.1) is 13.8 Å². The average molecular weight is 493 g/mol. The monoisotopic (exact) mass is 492 g/mol. The van der Waals surface area contributed by atoms with Crippen molar-refractivity contribution in [1.29, 1.82) is 0 Å². The van der Waals surface area contributed by atoms with Crippen LogP contribution in [0.5, 0.6) is 0 Å². The Morgan fingerprint density at radius 3 is 1.64 bits per heavy atom. The third-order valence-corrected chi connectivity index (χ3v) is 8.58. The Labute approximate surface area is 202 Å². The van der Waals surface area contributed by atoms with Crippen molar-refractivity contribution in [2.75, 3.05) is 11.5 Å². The molecule has 0 aliphatic carbocycles. The average Bonchev–Trinajstić information content (AvgIpc) is 3.49. The lowest BCUT2D eigenvalue weighted by Gasteiger charge is -2.00. The molecule has 0 atom stereocenters. The number of nitrogens with zero attached hydrogens (tertiary/aromatic N) is 2. The second-order valence-corrected chi connectivity index (χ2v) is 11.0. The van der Waals surface area contributed by atoms with E-state index in [0.717, 1.165) is 53.0 Å². The number of para-hydroxylation sites is 2. The Bertz CT molecular complexity index is 1390. The number of nitrogens with one attached hydrogen (secondary N) is 2. The number of benzene rings is 2. The normalized spacial score (nSPS) is 11.5. The number of hydrogen-bond acceptors (Lipinski definition) is 7. The molecule has 2 aromatic carbocycles. The van der Waals surface area contributed by atoms with Crippen molar-refractivity contribution in [2.24, 2.45) is 0 Å². The Hall–Kier alpha value is -2.88. The van der Waals surface area contributed by atoms with Crippen molar-refractivity contribution in [3.05, 3.63) is 71.0 Å². The highest BCUT2D eigenvalue weighted by atomic mass is 32.2. The zero-order valence-corrected chi connectivity index (χ0v) is 20.4. The first-order valence-corrected chi connectivity index (χ1v) is 13.1. The molecule has 5 rings (SSSR count). The van der Waals surface area contributed by atoms with Gasteiger partial charge in [0.05, 0.1) is 11.5 Å². The first kappa shape index (κ1) is 21.9. The van der Waals surface area contributed by atoms with Gasteiger partial charge in [0, 0.05) is 44.3 Å². The standard InChI is InChI=1S/C24H20N4O2S3/c1-13-21(15-7-3-5-9-17(15)25-13)19(29)11-31-23-27-28-24(33-23)32-12-20(30)22-14(2)26-18-10-6-4-8-16(18)22/h3-10,25-26H,11-12H2,1-2H3. The van der Waals surface area contributed by atoms with Gasteiger partial charge in [-0.25, -0.2) is 0 Å². The number of thioether (sulfide) groups is 2. The molecule has 6 nitrogen and oxygen atoms in total. The fraction of sp³-hybridized carbons (Fsp3) is 0.167. The van der Waals surface area contributed by atoms with Crippen molar-refractivity contribution in [3.63, 3.8) is 0 Å². The van der Waals surface area contributed by atoms with Crippen LogP contribution in [0.4, 0.5) is 0 Å². The molecule has 0 unspecified atom stereocenters. The molecule has 0 bridgehead atoms. The summed E-state index contributed by atoms with van der Waals surface area (Å²) in [5.41, 5.74) is 5.15. The second kappa shape index (κ2) is 9.17. The molecule has 9 heteroatoms. The molecular weight excluding hydrogens is 472 g/mol. The molecule has 0 fully saturated rings. The van der Waals surface area contributed by atoms with Crippen LogP contribution in [0.3, 0.4) is 0 Å². The molecule has 33 heavy (non-hydrogen) atoms. The van der Waals surface area contributed by atoms with E-state index in [0.29, 0.717) is 0 Å². The lowest BCUT2D eigenvalue weighted by atomic mass is 10.1. The van der Waals surface area contributed by atoms with Gasteiger partial charge >= 0.3 is 0 Å². The molecule has 0 saturated heterocycles. The summed E-state index contributed by atoms with van der Waals surface area (Å²) >= 11 is 4.17. The van der Waals surface area contributed by atoms with Gasteiger partial charge in [0.1, 0.15) is 0 Å². The highest BCUT2D eigenvalue weighted by Crippen LogP contribution is 2.32. The summed E-state index contributed by atoms with van der Waals surface area (Å²) < 4.78 is 1.44. The number of rotatable bonds is 8. The number of fused-ring (bicyclic) bond motifs is 2. The van der Waals surface area contributed by atoms with E-state index < -0.39 is 0 Å². The van der Waals surface area contributed by atoms with E-state index in [9.17, 15) is 9.59 Å². The maximum Gasteiger partial charge on any atom is 0.175 e. The Kier molecular flexibility index (Phi) is 6.09. The summed E-state index contributed by atoms with van der Waals surface area (Å²) in [4.78, 5) is 32.3. The van der Waals surface area contributed by atoms with Gasteiger partial charge in [-0.2, -0.15) is 0 Å². The molecule has 5 aromatic rings. The molecule has 0 radical (unpaired) electrons. The molecular formula is C24H20N4O2S3. The first-order chi connectivity index (χ1) is 16.0. The minimum absolute atomic E-state index is 0.0596. The van der Waals surface area contributed by atoms with Crippen LogP contribution in [0.2, 0.25) is 0 Å². The smallest absolute Gasteiger partial charge is 0.175 e. The van der Waals surface area contributed by atoms with E-state index in [1.165, 1.54) is 34.9 Å². The predicted molar refractivity (Wildman–Crippen MR) is 136 cm³/mol. The largest absolute Gasteiger partial charge is 0.358 e. The van der Waals surface area contributed by atoms with Crippen LogP contribution in [-0.2, 0) is 0 Å². The summed E-state index contributed by atoms with van der Waals surface area (Å²) in [6.45, 7) is 3.84. The van der Waals surface area contributed by atoms with Gasteiger partial charge in [-0.1, -0.05) is 71.3 Å². The van der Waals surface area contributed by atoms with Crippen LogP contribution in [0.25, 0.3) is 21.8 Å². The number of carbonyl (C=O) groups excluding carboxylic acids is 2. The number of ketones is 2. The molecule has 0 aliphatic rings. The van der Waals surface area contributed by atoms with Crippen LogP contribution >= 0.6 is 34.9 Å². The van der Waals surface area contributed by atoms with E-state index in [4.69, 9.17) is 0 Å². The number of Topliss-reactive ketones (excluding diaryl/α,β-unsaturated/α-hetero) is 2. The maximum absolute atomic E-state index is 12.9. The van der Waals surface area contributed by atoms with E-state index >= 15 is 0 Å². The molecule has 3 heterocycles. The Balaban J connectivity index is 1.22. The maximum atomic E-state index is 12.9. The van der Waals surface area contributed by atoms with E-state index in [1.807, 2.05) is 62.4 Å². The fourth-order valence-electron chi connectivity index (χ4n) is 3.98. The van der Waals surface area contributed by atoms with Crippen LogP contribution in [-0.4, -0.2) is 43.2 Å². The van der Waals surface area contributed by atoms with Gasteiger partial charge in [0.2, 0.25) is 0 Å². The minimum Gasteiger partial charge on any atom is -0.358 e. The van der Waals surface area contributed by atoms with Crippen LogP contribution < -0.4 is 0 Å². The molecule has 3 aromatic heterocycles. The van der Waals surface area contributed by atoms with Gasteiger partial charge in [-0.15, -0.1) is 10.2 Å². The van der Waals surface area contributed by atoms with Crippen molar-refractivity contribution in [1.82, 2.24) is 20.2 Å². The Morgan fingerprint density at radius 2 is 1.18 bits per heavy atom. The van der Waals surface area contributed by atoms with Gasteiger partial charge in [0.25, 0.3) is 0 Å². The van der Waals surface area contributed by atoms with Gasteiger partial charge in [0.15, 0.2) is 20.2 Å². The van der Waals surface area contributed by atoms with Crippen molar-refractivity contribution in [3.8, 4) is 0 Å². The number of aromatic nitrogens is 4. The SMILES string of the molecule is Cc1[nH]c2ccccc2c1C(=O)CSc1nnc(SCC(=O)c2c(C)[nH]c3ccccc23)s1. The number of H-pyrrole nitrogens is 2. The van der Waals surface area contributed by atoms with Crippen molar-refractivity contribution >= 4 is 68.2 Å². The van der Waals surface area contributed by atoms with Gasteiger partial charge < -0.3 is 9.97 Å². The summed E-state index contributed by atoms with van der Waals surface area (Å²) in [5.74, 6) is 0.693. The molecule has 166 valence electrons. The second-order valence-electron chi connectivity index (χ2n) is 7.60. The fourth-order valence-corrected chi connectivity index (χ4v) is 6.75. The molecule has 0 aliphatic heterocycles. The number of aromatic amines is 2. The Morgan fingerprint density at radius 1 is 0.758 bits per heavy atom. The van der Waals surface area contributed by atoms with E-state index in [2.05, 4.69) is 20.2 Å². The summed E-state index contributed by atoms with van der Waals surface area (Å²) in [5, 5.41) is 10.3. The highest BCUT2D eigenvalue weighted by molar-refractivity contribution is 8.03. The summed E-state index contributed by atoms with van der Waals surface area (Å²) in [7, 11) is 0. The predicted octanol–water partition coefficient (Wildman–Crippen LogP) is 6.07. The van der Waals surface area contributed by atoms with Gasteiger partial charge in [-0.05, 0) is 26.0 Å². The highest BCUT2D eigenvalue weighted by Gasteiger charge is 2.19. The summed E-state index contributed by atoms with van der Waals surface area (Å²) in [6, 6.07) is 15.6. The van der Waals surface area contributed by atoms with Crippen molar-refractivity contribution in [2.45, 2.75) is 22.5 Å². The summed E-state index contributed by atoms with van der Waals surface area (Å²) in [6.07, 6.45) is 0. The molecule has 0 spiro atoms. The van der Waals surface area contributed by atoms with Crippen LogP contribution in [0.15, 0.2) is 57.2 Å². The third-order valence-electron chi connectivity index (χ3n) is 5.39. The lowest BCUT2D eigenvalue weighted by molar-refractivity contribution is 0.101. The van der Waals surface area contributed by atoms with Gasteiger partial charge in [-0.3, -0.25) is 9.59 Å². The quantitative estimate of drug-likeness (QED) is 0.202. The van der Waals surface area contributed by atoms with Crippen LogP contribution in [0.1, 0.15) is 32.1 Å². The number of aryl methyl sites for hydroxylation is 2. The lowest BCUT2D eigenvalue weighted by Crippen LogP contribution is -2.03. The zero-order chi connectivity index (χ0) is 22.9. The molecule has 2 N–H and O–H groups in total. The number of carbonyl (C=O) groups is 2. The molecule has 0 amide bonds. The van der Waals surface area contributed by atoms with E-state index in [-0.39, 0.29) is 23.1 Å². The van der Waals surface area contributed by atoms with E-state index in [1.54, 1.807) is 0 Å². The molecule has 0 saturated carbocycles. The topological polar surface area (TPSA) is 91.5 Å². The van der Waals surface area contributed by atoms with Crippen molar-refractivity contribution < 1.29 is 9.59 Å². The third kappa shape index (κ3) is 4.36. The minimum atomic E-state index is 0.0596. The zero-order valence-electron chi connectivity index (χ0n) is 18.0.